The largest absolute Gasteiger partial charge is 0.416 e. The van der Waals surface area contributed by atoms with E-state index in [0.29, 0.717) is 16.8 Å². The van der Waals surface area contributed by atoms with Crippen molar-refractivity contribution in [1.29, 1.82) is 0 Å². The zero-order valence-corrected chi connectivity index (χ0v) is 16.5. The lowest BCUT2D eigenvalue weighted by atomic mass is 9.89. The van der Waals surface area contributed by atoms with E-state index in [9.17, 15) is 23.1 Å². The second kappa shape index (κ2) is 8.39. The van der Waals surface area contributed by atoms with E-state index in [2.05, 4.69) is 20.5 Å². The van der Waals surface area contributed by atoms with Gasteiger partial charge in [-0.3, -0.25) is 9.69 Å². The molecule has 2 fully saturated rings. The van der Waals surface area contributed by atoms with Gasteiger partial charge in [-0.05, 0) is 49.3 Å². The summed E-state index contributed by atoms with van der Waals surface area (Å²) >= 11 is 0. The van der Waals surface area contributed by atoms with Gasteiger partial charge in [-0.15, -0.1) is 0 Å². The lowest BCUT2D eigenvalue weighted by Gasteiger charge is -2.46. The van der Waals surface area contributed by atoms with E-state index in [1.807, 2.05) is 0 Å². The number of rotatable bonds is 5. The maximum atomic E-state index is 13.0. The summed E-state index contributed by atoms with van der Waals surface area (Å²) in [6.45, 7) is 1.51. The number of carbonyl (C=O) groups excluding carboxylic acids is 1. The molecule has 1 saturated heterocycles. The first-order valence-corrected chi connectivity index (χ1v) is 10.2. The second-order valence-electron chi connectivity index (χ2n) is 8.13. The summed E-state index contributed by atoms with van der Waals surface area (Å²) in [7, 11) is 0. The molecule has 0 atom stereocenters. The number of anilines is 1. The quantitative estimate of drug-likeness (QED) is 0.691. The number of aliphatic hydroxyl groups excluding tert-OH is 1. The van der Waals surface area contributed by atoms with Crippen LogP contribution < -0.4 is 10.6 Å². The topological polar surface area (TPSA) is 77.5 Å². The molecule has 6 nitrogen and oxygen atoms in total. The van der Waals surface area contributed by atoms with Gasteiger partial charge in [0.25, 0.3) is 0 Å². The second-order valence-corrected chi connectivity index (χ2v) is 8.13. The number of fused-ring (bicyclic) bond motifs is 1. The fourth-order valence-corrected chi connectivity index (χ4v) is 4.25. The van der Waals surface area contributed by atoms with Crippen molar-refractivity contribution in [2.45, 2.75) is 50.0 Å². The van der Waals surface area contributed by atoms with Crippen molar-refractivity contribution in [1.82, 2.24) is 15.2 Å². The molecular weight excluding hydrogens is 397 g/mol. The van der Waals surface area contributed by atoms with Crippen molar-refractivity contribution in [3.05, 3.63) is 36.0 Å². The van der Waals surface area contributed by atoms with Crippen LogP contribution in [0.2, 0.25) is 0 Å². The molecule has 3 N–H and O–H groups in total. The molecule has 2 aliphatic rings. The van der Waals surface area contributed by atoms with Crippen LogP contribution in [0.3, 0.4) is 0 Å². The molecule has 162 valence electrons. The van der Waals surface area contributed by atoms with E-state index in [4.69, 9.17) is 0 Å². The average Bonchev–Trinajstić information content (AvgIpc) is 2.68. The van der Waals surface area contributed by atoms with Crippen LogP contribution in [-0.2, 0) is 11.0 Å². The molecule has 2 aromatic rings. The molecule has 2 heterocycles. The van der Waals surface area contributed by atoms with Crippen molar-refractivity contribution in [3.63, 3.8) is 0 Å². The van der Waals surface area contributed by atoms with Gasteiger partial charge >= 0.3 is 6.18 Å². The van der Waals surface area contributed by atoms with Gasteiger partial charge in [-0.25, -0.2) is 4.98 Å². The predicted molar refractivity (Wildman–Crippen MR) is 107 cm³/mol. The predicted octanol–water partition coefficient (Wildman–Crippen LogP) is 2.77. The van der Waals surface area contributed by atoms with E-state index in [1.54, 1.807) is 6.07 Å². The van der Waals surface area contributed by atoms with Crippen LogP contribution in [0.5, 0.6) is 0 Å². The summed E-state index contributed by atoms with van der Waals surface area (Å²) in [5.74, 6) is 0.0363. The van der Waals surface area contributed by atoms with Gasteiger partial charge in [0.1, 0.15) is 5.82 Å². The van der Waals surface area contributed by atoms with Crippen LogP contribution >= 0.6 is 0 Å². The third-order valence-corrected chi connectivity index (χ3v) is 5.97. The Hall–Kier alpha value is -2.39. The molecule has 30 heavy (non-hydrogen) atoms. The maximum absolute atomic E-state index is 13.0. The Bertz CT molecular complexity index is 907. The maximum Gasteiger partial charge on any atom is 0.416 e. The Morgan fingerprint density at radius 3 is 2.60 bits per heavy atom. The Labute approximate surface area is 172 Å². The van der Waals surface area contributed by atoms with Crippen molar-refractivity contribution in [2.75, 3.05) is 25.0 Å². The number of nitrogens with zero attached hydrogens (tertiary/aromatic N) is 2. The van der Waals surface area contributed by atoms with Gasteiger partial charge in [0.15, 0.2) is 0 Å². The smallest absolute Gasteiger partial charge is 0.393 e. The molecular formula is C21H25F3N4O2. The molecule has 9 heteroatoms. The van der Waals surface area contributed by atoms with Gasteiger partial charge in [0, 0.05) is 30.7 Å². The number of hydrogen-bond acceptors (Lipinski definition) is 5. The van der Waals surface area contributed by atoms with E-state index in [-0.39, 0.29) is 30.4 Å². The number of likely N-dealkylation sites (tertiary alicyclic amines) is 1. The van der Waals surface area contributed by atoms with Crippen LogP contribution in [0.15, 0.2) is 30.5 Å². The van der Waals surface area contributed by atoms with Crippen LogP contribution in [0, 0.1) is 0 Å². The summed E-state index contributed by atoms with van der Waals surface area (Å²) in [5.41, 5.74) is -0.750. The van der Waals surface area contributed by atoms with Gasteiger partial charge < -0.3 is 15.7 Å². The number of nitrogens with one attached hydrogen (secondary N) is 2. The molecule has 0 radical (unpaired) electrons. The lowest BCUT2D eigenvalue weighted by Crippen LogP contribution is -2.63. The highest BCUT2D eigenvalue weighted by atomic mass is 19.4. The Morgan fingerprint density at radius 2 is 1.90 bits per heavy atom. The molecule has 0 unspecified atom stereocenters. The highest BCUT2D eigenvalue weighted by Gasteiger charge is 2.35. The summed E-state index contributed by atoms with van der Waals surface area (Å²) in [5, 5.41) is 16.4. The fourth-order valence-electron chi connectivity index (χ4n) is 4.25. The number of halogens is 3. The zero-order valence-electron chi connectivity index (χ0n) is 16.5. The molecule has 4 rings (SSSR count). The van der Waals surface area contributed by atoms with Crippen LogP contribution in [0.4, 0.5) is 19.0 Å². The van der Waals surface area contributed by atoms with Crippen molar-refractivity contribution >= 4 is 22.5 Å². The third kappa shape index (κ3) is 4.67. The monoisotopic (exact) mass is 422 g/mol. The van der Waals surface area contributed by atoms with E-state index in [1.165, 1.54) is 12.3 Å². The molecule has 1 aliphatic carbocycles. The standard InChI is InChI=1S/C21H25F3N4O2/c22-21(23,24)14-2-1-13-7-8-25-20(18(13)9-14)26-10-19(30)27-15-11-28(12-15)16-3-5-17(29)6-4-16/h1-2,7-9,15-17,29H,3-6,10-12H2,(H,25,26)(H,27,30). The van der Waals surface area contributed by atoms with Crippen LogP contribution in [-0.4, -0.2) is 58.7 Å². The number of aromatic nitrogens is 1. The fraction of sp³-hybridized carbons (Fsp3) is 0.524. The molecule has 1 amide bonds. The number of benzene rings is 1. The van der Waals surface area contributed by atoms with Gasteiger partial charge in [0.2, 0.25) is 5.91 Å². The number of carbonyl (C=O) groups is 1. The summed E-state index contributed by atoms with van der Waals surface area (Å²) in [4.78, 5) is 18.7. The normalized spacial score (nSPS) is 23.2. The van der Waals surface area contributed by atoms with E-state index >= 15 is 0 Å². The summed E-state index contributed by atoms with van der Waals surface area (Å²) in [6.07, 6.45) is 0.503. The van der Waals surface area contributed by atoms with Crippen molar-refractivity contribution in [3.8, 4) is 0 Å². The Morgan fingerprint density at radius 1 is 1.17 bits per heavy atom. The number of pyridine rings is 1. The lowest BCUT2D eigenvalue weighted by molar-refractivity contribution is -0.137. The number of amides is 1. The SMILES string of the molecule is O=C(CNc1nccc2ccc(C(F)(F)F)cc12)NC1CN(C2CCC(O)CC2)C1. The van der Waals surface area contributed by atoms with Gasteiger partial charge in [-0.1, -0.05) is 6.07 Å². The van der Waals surface area contributed by atoms with Crippen LogP contribution in [0.1, 0.15) is 31.2 Å². The molecule has 1 aromatic carbocycles. The number of aliphatic hydroxyl groups is 1. The van der Waals surface area contributed by atoms with Crippen molar-refractivity contribution < 1.29 is 23.1 Å². The van der Waals surface area contributed by atoms with Crippen LogP contribution in [0.25, 0.3) is 10.8 Å². The van der Waals surface area contributed by atoms with Gasteiger partial charge in [-0.2, -0.15) is 13.2 Å². The molecule has 0 bridgehead atoms. The minimum Gasteiger partial charge on any atom is -0.393 e. The van der Waals surface area contributed by atoms with Gasteiger partial charge in [0.05, 0.1) is 24.3 Å². The minimum atomic E-state index is -4.44. The molecule has 0 spiro atoms. The highest BCUT2D eigenvalue weighted by molar-refractivity contribution is 5.93. The highest BCUT2D eigenvalue weighted by Crippen LogP contribution is 2.33. The average molecular weight is 422 g/mol. The first-order chi connectivity index (χ1) is 14.3. The number of alkyl halides is 3. The van der Waals surface area contributed by atoms with Crippen molar-refractivity contribution in [2.24, 2.45) is 0 Å². The molecule has 1 aromatic heterocycles. The van der Waals surface area contributed by atoms with E-state index < -0.39 is 11.7 Å². The minimum absolute atomic E-state index is 0.0610. The Balaban J connectivity index is 1.30. The molecule has 1 aliphatic heterocycles. The first kappa shape index (κ1) is 20.9. The third-order valence-electron chi connectivity index (χ3n) is 5.97. The zero-order chi connectivity index (χ0) is 21.3. The van der Waals surface area contributed by atoms with E-state index in [0.717, 1.165) is 50.9 Å². The molecule has 1 saturated carbocycles. The number of hydrogen-bond donors (Lipinski definition) is 3. The summed E-state index contributed by atoms with van der Waals surface area (Å²) in [6, 6.07) is 5.67. The Kier molecular flexibility index (Phi) is 5.84. The summed E-state index contributed by atoms with van der Waals surface area (Å²) < 4.78 is 39.0. The first-order valence-electron chi connectivity index (χ1n) is 10.2.